The van der Waals surface area contributed by atoms with Crippen molar-refractivity contribution >= 4 is 23.1 Å². The number of amides is 1. The molecule has 21 heavy (non-hydrogen) atoms. The van der Waals surface area contributed by atoms with E-state index in [4.69, 9.17) is 9.52 Å². The Labute approximate surface area is 123 Å². The van der Waals surface area contributed by atoms with Crippen LogP contribution in [0.2, 0.25) is 0 Å². The molecule has 2 aromatic rings. The van der Waals surface area contributed by atoms with Gasteiger partial charge in [-0.2, -0.15) is 0 Å². The summed E-state index contributed by atoms with van der Waals surface area (Å²) in [6, 6.07) is 7.44. The molecule has 0 atom stereocenters. The van der Waals surface area contributed by atoms with Gasteiger partial charge in [0, 0.05) is 25.3 Å². The fraction of sp³-hybridized carbons (Fsp3) is 0.375. The Kier molecular flexibility index (Phi) is 4.75. The first kappa shape index (κ1) is 15.3. The number of para-hydroxylation sites is 2. The lowest BCUT2D eigenvalue weighted by molar-refractivity contribution is -0.116. The van der Waals surface area contributed by atoms with Crippen molar-refractivity contribution in [2.24, 2.45) is 5.41 Å². The highest BCUT2D eigenvalue weighted by atomic mass is 16.3. The molecular formula is C16H20N2O3. The Morgan fingerprint density at radius 3 is 2.90 bits per heavy atom. The van der Waals surface area contributed by atoms with Crippen LogP contribution in [0.1, 0.15) is 26.2 Å². The molecule has 112 valence electrons. The predicted molar refractivity (Wildman–Crippen MR) is 81.5 cm³/mol. The summed E-state index contributed by atoms with van der Waals surface area (Å²) >= 11 is 0. The molecular weight excluding hydrogens is 268 g/mol. The predicted octanol–water partition coefficient (Wildman–Crippen LogP) is 2.37. The second-order valence-electron chi connectivity index (χ2n) is 5.71. The molecule has 2 N–H and O–H groups in total. The maximum atomic E-state index is 11.8. The highest BCUT2D eigenvalue weighted by Gasteiger charge is 2.17. The minimum absolute atomic E-state index is 0.113. The molecule has 5 nitrogen and oxygen atoms in total. The van der Waals surface area contributed by atoms with Gasteiger partial charge in [-0.05, 0) is 24.0 Å². The Morgan fingerprint density at radius 2 is 2.19 bits per heavy atom. The molecule has 1 aromatic heterocycles. The zero-order valence-corrected chi connectivity index (χ0v) is 12.3. The van der Waals surface area contributed by atoms with Crippen molar-refractivity contribution in [3.63, 3.8) is 0 Å². The molecule has 0 bridgehead atoms. The van der Waals surface area contributed by atoms with Crippen LogP contribution in [-0.4, -0.2) is 29.1 Å². The van der Waals surface area contributed by atoms with E-state index in [9.17, 15) is 4.79 Å². The molecule has 0 aliphatic carbocycles. The lowest BCUT2D eigenvalue weighted by Crippen LogP contribution is -2.33. The van der Waals surface area contributed by atoms with Gasteiger partial charge in [-0.3, -0.25) is 4.79 Å². The summed E-state index contributed by atoms with van der Waals surface area (Å²) in [5.74, 6) is 0.198. The number of fused-ring (bicyclic) bond motifs is 1. The number of benzene rings is 1. The van der Waals surface area contributed by atoms with Gasteiger partial charge >= 0.3 is 0 Å². The van der Waals surface area contributed by atoms with Gasteiger partial charge in [0.15, 0.2) is 5.58 Å². The smallest absolute Gasteiger partial charge is 0.244 e. The van der Waals surface area contributed by atoms with E-state index in [-0.39, 0.29) is 17.9 Å². The number of nitrogens with one attached hydrogen (secondary N) is 1. The molecule has 0 unspecified atom stereocenters. The third-order valence-corrected chi connectivity index (χ3v) is 3.22. The van der Waals surface area contributed by atoms with E-state index in [1.165, 1.54) is 6.08 Å². The number of carbonyl (C=O) groups excluding carboxylic acids is 1. The van der Waals surface area contributed by atoms with Crippen molar-refractivity contribution in [2.75, 3.05) is 13.2 Å². The number of oxazole rings is 1. The number of hydrogen-bond acceptors (Lipinski definition) is 4. The van der Waals surface area contributed by atoms with Gasteiger partial charge < -0.3 is 14.8 Å². The summed E-state index contributed by atoms with van der Waals surface area (Å²) in [5.41, 5.74) is 1.33. The van der Waals surface area contributed by atoms with E-state index in [1.807, 2.05) is 38.1 Å². The molecule has 0 fully saturated rings. The largest absolute Gasteiger partial charge is 0.437 e. The Hall–Kier alpha value is -2.14. The quantitative estimate of drug-likeness (QED) is 0.800. The lowest BCUT2D eigenvalue weighted by atomic mass is 9.90. The van der Waals surface area contributed by atoms with Gasteiger partial charge in [-0.1, -0.05) is 26.0 Å². The summed E-state index contributed by atoms with van der Waals surface area (Å²) in [7, 11) is 0. The van der Waals surface area contributed by atoms with Gasteiger partial charge in [0.25, 0.3) is 0 Å². The monoisotopic (exact) mass is 288 g/mol. The number of nitrogens with zero attached hydrogens (tertiary/aromatic N) is 1. The van der Waals surface area contributed by atoms with Crippen molar-refractivity contribution in [3.8, 4) is 0 Å². The number of aliphatic hydroxyl groups is 1. The minimum Gasteiger partial charge on any atom is -0.437 e. The normalized spacial score (nSPS) is 12.1. The summed E-state index contributed by atoms with van der Waals surface area (Å²) in [6.07, 6.45) is 3.59. The molecule has 1 amide bonds. The second kappa shape index (κ2) is 6.54. The maximum absolute atomic E-state index is 11.8. The SMILES string of the molecule is CC(C)(CCO)CNC(=O)/C=C/c1nc2ccccc2o1. The number of rotatable bonds is 6. The van der Waals surface area contributed by atoms with Crippen molar-refractivity contribution in [2.45, 2.75) is 20.3 Å². The molecule has 0 aliphatic rings. The van der Waals surface area contributed by atoms with Crippen molar-refractivity contribution in [1.82, 2.24) is 10.3 Å². The first-order chi connectivity index (χ1) is 10.00. The van der Waals surface area contributed by atoms with Crippen LogP contribution in [0.4, 0.5) is 0 Å². The molecule has 5 heteroatoms. The zero-order valence-electron chi connectivity index (χ0n) is 12.3. The average Bonchev–Trinajstić information content (AvgIpc) is 2.86. The zero-order chi connectivity index (χ0) is 15.3. The van der Waals surface area contributed by atoms with Crippen LogP contribution in [0.3, 0.4) is 0 Å². The number of hydrogen-bond donors (Lipinski definition) is 2. The van der Waals surface area contributed by atoms with Gasteiger partial charge in [0.1, 0.15) is 5.52 Å². The average molecular weight is 288 g/mol. The number of aliphatic hydroxyl groups excluding tert-OH is 1. The number of carbonyl (C=O) groups is 1. The molecule has 0 saturated carbocycles. The van der Waals surface area contributed by atoms with Crippen LogP contribution in [0, 0.1) is 5.41 Å². The van der Waals surface area contributed by atoms with Gasteiger partial charge in [-0.25, -0.2) is 4.98 Å². The molecule has 0 aliphatic heterocycles. The third-order valence-electron chi connectivity index (χ3n) is 3.22. The van der Waals surface area contributed by atoms with Gasteiger partial charge in [-0.15, -0.1) is 0 Å². The fourth-order valence-corrected chi connectivity index (χ4v) is 1.88. The molecule has 0 saturated heterocycles. The third kappa shape index (κ3) is 4.43. The Morgan fingerprint density at radius 1 is 1.43 bits per heavy atom. The van der Waals surface area contributed by atoms with E-state index in [1.54, 1.807) is 6.08 Å². The minimum atomic E-state index is -0.205. The summed E-state index contributed by atoms with van der Waals surface area (Å²) in [6.45, 7) is 4.61. The summed E-state index contributed by atoms with van der Waals surface area (Å²) in [5, 5.41) is 11.7. The standard InChI is InChI=1S/C16H20N2O3/c1-16(2,9-10-19)11-17-14(20)7-8-15-18-12-5-3-4-6-13(12)21-15/h3-8,19H,9-11H2,1-2H3,(H,17,20)/b8-7+. The van der Waals surface area contributed by atoms with Gasteiger partial charge in [0.05, 0.1) is 0 Å². The van der Waals surface area contributed by atoms with E-state index in [0.29, 0.717) is 24.4 Å². The van der Waals surface area contributed by atoms with Crippen LogP contribution in [0.5, 0.6) is 0 Å². The van der Waals surface area contributed by atoms with Crippen LogP contribution in [-0.2, 0) is 4.79 Å². The topological polar surface area (TPSA) is 75.4 Å². The molecule has 0 radical (unpaired) electrons. The molecule has 2 rings (SSSR count). The highest BCUT2D eigenvalue weighted by molar-refractivity contribution is 5.91. The highest BCUT2D eigenvalue weighted by Crippen LogP contribution is 2.18. The maximum Gasteiger partial charge on any atom is 0.244 e. The van der Waals surface area contributed by atoms with Crippen molar-refractivity contribution in [1.29, 1.82) is 0 Å². The van der Waals surface area contributed by atoms with Crippen molar-refractivity contribution < 1.29 is 14.3 Å². The summed E-state index contributed by atoms with van der Waals surface area (Å²) in [4.78, 5) is 16.0. The van der Waals surface area contributed by atoms with Gasteiger partial charge in [0.2, 0.25) is 11.8 Å². The van der Waals surface area contributed by atoms with E-state index in [0.717, 1.165) is 5.52 Å². The van der Waals surface area contributed by atoms with E-state index in [2.05, 4.69) is 10.3 Å². The van der Waals surface area contributed by atoms with Crippen molar-refractivity contribution in [3.05, 3.63) is 36.2 Å². The van der Waals surface area contributed by atoms with Crippen LogP contribution >= 0.6 is 0 Å². The first-order valence-electron chi connectivity index (χ1n) is 6.92. The molecule has 1 heterocycles. The first-order valence-corrected chi connectivity index (χ1v) is 6.92. The van der Waals surface area contributed by atoms with E-state index >= 15 is 0 Å². The second-order valence-corrected chi connectivity index (χ2v) is 5.71. The number of aromatic nitrogens is 1. The summed E-state index contributed by atoms with van der Waals surface area (Å²) < 4.78 is 5.49. The fourth-order valence-electron chi connectivity index (χ4n) is 1.88. The Bertz CT molecular complexity index is 611. The van der Waals surface area contributed by atoms with Crippen LogP contribution in [0.25, 0.3) is 17.2 Å². The van der Waals surface area contributed by atoms with E-state index < -0.39 is 0 Å². The van der Waals surface area contributed by atoms with Crippen LogP contribution in [0.15, 0.2) is 34.8 Å². The Balaban J connectivity index is 1.93. The molecule has 0 spiro atoms. The van der Waals surface area contributed by atoms with Crippen LogP contribution < -0.4 is 5.32 Å². The molecule has 1 aromatic carbocycles. The lowest BCUT2D eigenvalue weighted by Gasteiger charge is -2.23.